The van der Waals surface area contributed by atoms with E-state index in [0.29, 0.717) is 17.9 Å². The number of nitrogens with zero attached hydrogens (tertiary/aromatic N) is 3. The summed E-state index contributed by atoms with van der Waals surface area (Å²) >= 11 is 0. The lowest BCUT2D eigenvalue weighted by molar-refractivity contribution is -0.385. The van der Waals surface area contributed by atoms with Gasteiger partial charge < -0.3 is 4.42 Å². The van der Waals surface area contributed by atoms with Gasteiger partial charge in [0.25, 0.3) is 11.6 Å². The minimum Gasteiger partial charge on any atom is -0.407 e. The Morgan fingerprint density at radius 2 is 1.96 bits per heavy atom. The number of carbonyl (C=O) groups excluding carboxylic acids is 1. The Morgan fingerprint density at radius 1 is 1.20 bits per heavy atom. The van der Waals surface area contributed by atoms with Gasteiger partial charge in [0, 0.05) is 17.2 Å². The van der Waals surface area contributed by atoms with Crippen molar-refractivity contribution in [1.82, 2.24) is 10.2 Å². The van der Waals surface area contributed by atoms with Crippen molar-refractivity contribution in [3.8, 4) is 0 Å². The van der Waals surface area contributed by atoms with E-state index < -0.39 is 10.8 Å². The van der Waals surface area contributed by atoms with Gasteiger partial charge in [0.15, 0.2) is 0 Å². The molecule has 0 aliphatic heterocycles. The van der Waals surface area contributed by atoms with E-state index >= 15 is 0 Å². The van der Waals surface area contributed by atoms with Crippen molar-refractivity contribution in [2.45, 2.75) is 13.3 Å². The summed E-state index contributed by atoms with van der Waals surface area (Å²) in [4.78, 5) is 22.6. The third-order valence-corrected chi connectivity index (χ3v) is 3.55. The lowest BCUT2D eigenvalue weighted by Crippen LogP contribution is -2.12. The van der Waals surface area contributed by atoms with Crippen molar-refractivity contribution in [3.05, 3.63) is 81.2 Å². The van der Waals surface area contributed by atoms with Crippen LogP contribution in [0.25, 0.3) is 0 Å². The number of nitro benzene ring substituents is 1. The van der Waals surface area contributed by atoms with E-state index in [-0.39, 0.29) is 17.3 Å². The van der Waals surface area contributed by atoms with E-state index in [1.807, 2.05) is 30.3 Å². The summed E-state index contributed by atoms with van der Waals surface area (Å²) in [5, 5.41) is 21.1. The SMILES string of the molecule is Cc1ccc(C(=O)Nc2nnc(Cc3ccccc3)o2)cc1[N+](=O)[O-]. The predicted molar refractivity (Wildman–Crippen MR) is 89.3 cm³/mol. The molecule has 8 nitrogen and oxygen atoms in total. The van der Waals surface area contributed by atoms with E-state index in [1.165, 1.54) is 18.2 Å². The molecule has 1 amide bonds. The number of hydrogen-bond acceptors (Lipinski definition) is 6. The summed E-state index contributed by atoms with van der Waals surface area (Å²) in [6.45, 7) is 1.60. The number of rotatable bonds is 5. The Morgan fingerprint density at radius 3 is 2.68 bits per heavy atom. The lowest BCUT2D eigenvalue weighted by Gasteiger charge is -2.02. The highest BCUT2D eigenvalue weighted by Gasteiger charge is 2.17. The number of anilines is 1. The van der Waals surface area contributed by atoms with Crippen LogP contribution in [0.3, 0.4) is 0 Å². The van der Waals surface area contributed by atoms with Crippen molar-refractivity contribution in [2.75, 3.05) is 5.32 Å². The first-order valence-electron chi connectivity index (χ1n) is 7.45. The van der Waals surface area contributed by atoms with Gasteiger partial charge in [-0.15, -0.1) is 5.10 Å². The fourth-order valence-electron chi connectivity index (χ4n) is 2.26. The number of carbonyl (C=O) groups is 1. The maximum absolute atomic E-state index is 12.2. The summed E-state index contributed by atoms with van der Waals surface area (Å²) < 4.78 is 5.39. The molecule has 0 saturated carbocycles. The maximum Gasteiger partial charge on any atom is 0.322 e. The molecule has 126 valence electrons. The molecule has 1 heterocycles. The zero-order valence-corrected chi connectivity index (χ0v) is 13.3. The monoisotopic (exact) mass is 338 g/mol. The highest BCUT2D eigenvalue weighted by atomic mass is 16.6. The topological polar surface area (TPSA) is 111 Å². The molecule has 3 rings (SSSR count). The fraction of sp³-hybridized carbons (Fsp3) is 0.118. The quantitative estimate of drug-likeness (QED) is 0.565. The minimum atomic E-state index is -0.557. The third kappa shape index (κ3) is 3.86. The average molecular weight is 338 g/mol. The van der Waals surface area contributed by atoms with Gasteiger partial charge in [0.2, 0.25) is 5.89 Å². The Hall–Kier alpha value is -3.55. The van der Waals surface area contributed by atoms with Gasteiger partial charge in [-0.2, -0.15) is 0 Å². The van der Waals surface area contributed by atoms with Gasteiger partial charge in [0.05, 0.1) is 11.3 Å². The van der Waals surface area contributed by atoms with Crippen LogP contribution < -0.4 is 5.32 Å². The van der Waals surface area contributed by atoms with Crippen molar-refractivity contribution in [3.63, 3.8) is 0 Å². The first-order valence-corrected chi connectivity index (χ1v) is 7.45. The fourth-order valence-corrected chi connectivity index (χ4v) is 2.26. The molecule has 0 spiro atoms. The molecule has 0 radical (unpaired) electrons. The highest BCUT2D eigenvalue weighted by Crippen LogP contribution is 2.20. The minimum absolute atomic E-state index is 0.0563. The van der Waals surface area contributed by atoms with Crippen LogP contribution in [0.4, 0.5) is 11.7 Å². The van der Waals surface area contributed by atoms with E-state index in [4.69, 9.17) is 4.42 Å². The summed E-state index contributed by atoms with van der Waals surface area (Å²) in [7, 11) is 0. The van der Waals surface area contributed by atoms with Crippen LogP contribution in [0, 0.1) is 17.0 Å². The number of amides is 1. The number of hydrogen-bond donors (Lipinski definition) is 1. The van der Waals surface area contributed by atoms with Gasteiger partial charge >= 0.3 is 6.01 Å². The molecule has 1 aromatic heterocycles. The predicted octanol–water partition coefficient (Wildman–Crippen LogP) is 3.13. The molecule has 0 fully saturated rings. The summed E-state index contributed by atoms with van der Waals surface area (Å²) in [6, 6.07) is 13.7. The standard InChI is InChI=1S/C17H14N4O4/c1-11-7-8-13(10-14(11)21(23)24)16(22)18-17-20-19-15(25-17)9-12-5-3-2-4-6-12/h2-8,10H,9H2,1H3,(H,18,20,22). The second-order valence-electron chi connectivity index (χ2n) is 5.38. The summed E-state index contributed by atoms with van der Waals surface area (Å²) in [5.41, 5.74) is 1.49. The van der Waals surface area contributed by atoms with Crippen LogP contribution in [-0.4, -0.2) is 21.0 Å². The van der Waals surface area contributed by atoms with E-state index in [0.717, 1.165) is 5.56 Å². The molecular weight excluding hydrogens is 324 g/mol. The van der Waals surface area contributed by atoms with Gasteiger partial charge in [-0.25, -0.2) is 0 Å². The number of aromatic nitrogens is 2. The Balaban J connectivity index is 1.71. The van der Waals surface area contributed by atoms with Crippen LogP contribution in [0.2, 0.25) is 0 Å². The first-order chi connectivity index (χ1) is 12.0. The van der Waals surface area contributed by atoms with E-state index in [1.54, 1.807) is 6.92 Å². The van der Waals surface area contributed by atoms with Crippen LogP contribution in [-0.2, 0) is 6.42 Å². The molecule has 0 saturated heterocycles. The lowest BCUT2D eigenvalue weighted by atomic mass is 10.1. The molecule has 0 unspecified atom stereocenters. The third-order valence-electron chi connectivity index (χ3n) is 3.55. The molecular formula is C17H14N4O4. The van der Waals surface area contributed by atoms with E-state index in [9.17, 15) is 14.9 Å². The smallest absolute Gasteiger partial charge is 0.322 e. The second-order valence-corrected chi connectivity index (χ2v) is 5.38. The van der Waals surface area contributed by atoms with Gasteiger partial charge in [-0.3, -0.25) is 20.2 Å². The van der Waals surface area contributed by atoms with Crippen molar-refractivity contribution in [1.29, 1.82) is 0 Å². The second kappa shape index (κ2) is 6.91. The number of benzene rings is 2. The maximum atomic E-state index is 12.2. The molecule has 1 N–H and O–H groups in total. The van der Waals surface area contributed by atoms with Crippen LogP contribution in [0.1, 0.15) is 27.4 Å². The molecule has 0 bridgehead atoms. The van der Waals surface area contributed by atoms with Crippen molar-refractivity contribution < 1.29 is 14.1 Å². The zero-order chi connectivity index (χ0) is 17.8. The summed E-state index contributed by atoms with van der Waals surface area (Å²) in [6.07, 6.45) is 0.444. The van der Waals surface area contributed by atoms with Crippen LogP contribution >= 0.6 is 0 Å². The number of nitrogens with one attached hydrogen (secondary N) is 1. The highest BCUT2D eigenvalue weighted by molar-refractivity contribution is 6.03. The normalized spacial score (nSPS) is 10.4. The van der Waals surface area contributed by atoms with Crippen molar-refractivity contribution in [2.24, 2.45) is 0 Å². The van der Waals surface area contributed by atoms with Gasteiger partial charge in [-0.05, 0) is 18.6 Å². The Bertz CT molecular complexity index is 921. The largest absolute Gasteiger partial charge is 0.407 e. The molecule has 0 aliphatic carbocycles. The molecule has 8 heteroatoms. The summed E-state index contributed by atoms with van der Waals surface area (Å²) in [5.74, 6) is -0.200. The number of aryl methyl sites for hydroxylation is 1. The molecule has 0 atom stereocenters. The Kier molecular flexibility index (Phi) is 4.51. The van der Waals surface area contributed by atoms with Crippen LogP contribution in [0.5, 0.6) is 0 Å². The van der Waals surface area contributed by atoms with E-state index in [2.05, 4.69) is 15.5 Å². The molecule has 0 aliphatic rings. The van der Waals surface area contributed by atoms with Gasteiger partial charge in [0.1, 0.15) is 0 Å². The van der Waals surface area contributed by atoms with Gasteiger partial charge in [-0.1, -0.05) is 41.5 Å². The Labute approximate surface area is 142 Å². The molecule has 2 aromatic carbocycles. The molecule has 25 heavy (non-hydrogen) atoms. The van der Waals surface area contributed by atoms with Crippen molar-refractivity contribution >= 4 is 17.6 Å². The number of nitro groups is 1. The zero-order valence-electron chi connectivity index (χ0n) is 13.3. The van der Waals surface area contributed by atoms with Crippen LogP contribution in [0.15, 0.2) is 52.9 Å². The molecule has 3 aromatic rings. The first kappa shape index (κ1) is 16.3. The average Bonchev–Trinajstić information content (AvgIpc) is 3.02.